The van der Waals surface area contributed by atoms with Gasteiger partial charge in [0.1, 0.15) is 11.5 Å². The lowest BCUT2D eigenvalue weighted by molar-refractivity contribution is 0.445. The highest BCUT2D eigenvalue weighted by Gasteiger charge is 2.21. The minimum absolute atomic E-state index is 0.0383. The van der Waals surface area contributed by atoms with Gasteiger partial charge in [0.25, 0.3) is 0 Å². The van der Waals surface area contributed by atoms with Crippen LogP contribution in [0.1, 0.15) is 63.3 Å². The van der Waals surface area contributed by atoms with Crippen molar-refractivity contribution in [2.24, 2.45) is 0 Å². The molecule has 3 N–H and O–H groups in total. The van der Waals surface area contributed by atoms with E-state index < -0.39 is 0 Å². The Bertz CT molecular complexity index is 964. The fourth-order valence-electron chi connectivity index (χ4n) is 3.41. The Morgan fingerprint density at radius 1 is 1.10 bits per heavy atom. The average molecular weight is 441 g/mol. The lowest BCUT2D eigenvalue weighted by atomic mass is 9.97. The zero-order valence-corrected chi connectivity index (χ0v) is 20.7. The smallest absolute Gasteiger partial charge is 0.177 e. The lowest BCUT2D eigenvalue weighted by Crippen LogP contribution is -2.36. The van der Waals surface area contributed by atoms with E-state index in [0.29, 0.717) is 22.8 Å². The Morgan fingerprint density at radius 2 is 1.74 bits per heavy atom. The molecule has 0 unspecified atom stereocenters. The molecule has 0 radical (unpaired) electrons. The van der Waals surface area contributed by atoms with Crippen molar-refractivity contribution in [3.63, 3.8) is 0 Å². The van der Waals surface area contributed by atoms with Crippen molar-refractivity contribution in [3.8, 4) is 11.5 Å². The molecule has 31 heavy (non-hydrogen) atoms. The number of rotatable bonds is 6. The summed E-state index contributed by atoms with van der Waals surface area (Å²) >= 11 is 5.57. The van der Waals surface area contributed by atoms with Crippen LogP contribution in [0.5, 0.6) is 11.5 Å². The van der Waals surface area contributed by atoms with Crippen molar-refractivity contribution in [2.45, 2.75) is 54.4 Å². The summed E-state index contributed by atoms with van der Waals surface area (Å²) in [5.41, 5.74) is 6.25. The largest absolute Gasteiger partial charge is 0.508 e. The fourth-order valence-corrected chi connectivity index (χ4v) is 3.63. The molecule has 0 heterocycles. The molecule has 5 heteroatoms. The average Bonchev–Trinajstić information content (AvgIpc) is 2.77. The summed E-state index contributed by atoms with van der Waals surface area (Å²) in [5.74, 6) is 0.0335. The van der Waals surface area contributed by atoms with E-state index in [1.807, 2.05) is 38.7 Å². The molecule has 0 bridgehead atoms. The van der Waals surface area contributed by atoms with Gasteiger partial charge in [-0.2, -0.15) is 0 Å². The van der Waals surface area contributed by atoms with Gasteiger partial charge < -0.3 is 15.5 Å². The maximum Gasteiger partial charge on any atom is 0.177 e. The van der Waals surface area contributed by atoms with Crippen LogP contribution in [0, 0.1) is 6.92 Å². The van der Waals surface area contributed by atoms with Crippen molar-refractivity contribution in [1.82, 2.24) is 5.32 Å². The number of phenols is 2. The van der Waals surface area contributed by atoms with E-state index in [4.69, 9.17) is 12.2 Å². The quantitative estimate of drug-likeness (QED) is 0.432. The molecule has 0 spiro atoms. The highest BCUT2D eigenvalue weighted by atomic mass is 32.1. The number of benzene rings is 2. The van der Waals surface area contributed by atoms with E-state index in [0.717, 1.165) is 23.2 Å². The van der Waals surface area contributed by atoms with Crippen molar-refractivity contribution in [2.75, 3.05) is 11.9 Å². The van der Waals surface area contributed by atoms with Gasteiger partial charge in [0.05, 0.1) is 5.70 Å². The van der Waals surface area contributed by atoms with Gasteiger partial charge in [-0.1, -0.05) is 46.4 Å². The first kappa shape index (κ1) is 26.2. The summed E-state index contributed by atoms with van der Waals surface area (Å²) in [5, 5.41) is 24.0. The third-order valence-electron chi connectivity index (χ3n) is 5.13. The van der Waals surface area contributed by atoms with E-state index in [1.165, 1.54) is 17.2 Å². The van der Waals surface area contributed by atoms with Crippen LogP contribution in [-0.2, 0) is 6.42 Å². The van der Waals surface area contributed by atoms with E-state index in [1.54, 1.807) is 13.1 Å². The second-order valence-corrected chi connectivity index (χ2v) is 7.24. The van der Waals surface area contributed by atoms with Crippen LogP contribution in [0.3, 0.4) is 0 Å². The van der Waals surface area contributed by atoms with E-state index in [9.17, 15) is 10.2 Å². The summed E-state index contributed by atoms with van der Waals surface area (Å²) < 4.78 is 0. The predicted molar refractivity (Wildman–Crippen MR) is 139 cm³/mol. The number of hydrogen-bond donors (Lipinski definition) is 3. The summed E-state index contributed by atoms with van der Waals surface area (Å²) in [6.07, 6.45) is 3.69. The third kappa shape index (κ3) is 5.88. The number of aromatic hydroxyl groups is 2. The molecular formula is C26H36N2O2S. The Balaban J connectivity index is 0.00000233. The van der Waals surface area contributed by atoms with Crippen LogP contribution in [0.15, 0.2) is 43.0 Å². The highest BCUT2D eigenvalue weighted by Crippen LogP contribution is 2.36. The monoisotopic (exact) mass is 440 g/mol. The van der Waals surface area contributed by atoms with Crippen molar-refractivity contribution in [3.05, 3.63) is 65.2 Å². The zero-order chi connectivity index (χ0) is 23.7. The van der Waals surface area contributed by atoms with Crippen LogP contribution in [0.25, 0.3) is 11.3 Å². The first-order valence-corrected chi connectivity index (χ1v) is 11.2. The van der Waals surface area contributed by atoms with Gasteiger partial charge in [0, 0.05) is 24.4 Å². The van der Waals surface area contributed by atoms with Crippen LogP contribution in [0.2, 0.25) is 0 Å². The Hall–Kier alpha value is -2.79. The van der Waals surface area contributed by atoms with E-state index in [-0.39, 0.29) is 11.5 Å². The van der Waals surface area contributed by atoms with Crippen LogP contribution in [0.4, 0.5) is 5.69 Å². The maximum atomic E-state index is 10.5. The number of thiocarbonyl (C=S) groups is 1. The molecule has 0 atom stereocenters. The fraction of sp³-hybridized carbons (Fsp3) is 0.346. The molecule has 0 aliphatic heterocycles. The van der Waals surface area contributed by atoms with Crippen LogP contribution in [-0.4, -0.2) is 22.4 Å². The van der Waals surface area contributed by atoms with Gasteiger partial charge in [-0.3, -0.25) is 4.90 Å². The molecule has 0 aliphatic rings. The normalized spacial score (nSPS) is 10.7. The molecule has 0 amide bonds. The summed E-state index contributed by atoms with van der Waals surface area (Å²) in [4.78, 5) is 1.81. The van der Waals surface area contributed by atoms with Crippen LogP contribution < -0.4 is 10.2 Å². The number of aryl methyl sites for hydroxylation is 2. The molecule has 2 rings (SSSR count). The van der Waals surface area contributed by atoms with Gasteiger partial charge in [0.2, 0.25) is 0 Å². The molecule has 4 nitrogen and oxygen atoms in total. The van der Waals surface area contributed by atoms with Gasteiger partial charge in [-0.25, -0.2) is 0 Å². The van der Waals surface area contributed by atoms with Gasteiger partial charge in [-0.05, 0) is 79.4 Å². The SMILES string of the molecule is C=C(c1cc(CC)c(O)cc1O)N(C(=S)NC)c1ccc(C)c(/C(=C\C)CC)c1.CC. The Kier molecular flexibility index (Phi) is 10.3. The predicted octanol–water partition coefficient (Wildman–Crippen LogP) is 6.79. The van der Waals surface area contributed by atoms with Crippen LogP contribution >= 0.6 is 12.2 Å². The van der Waals surface area contributed by atoms with Crippen molar-refractivity contribution < 1.29 is 10.2 Å². The Labute approximate surface area is 192 Å². The first-order chi connectivity index (χ1) is 14.8. The first-order valence-electron chi connectivity index (χ1n) is 10.8. The number of phenolic OH excluding ortho intramolecular Hbond substituents is 2. The Morgan fingerprint density at radius 3 is 2.26 bits per heavy atom. The summed E-state index contributed by atoms with van der Waals surface area (Å²) in [6.45, 7) is 16.4. The standard InChI is InChI=1S/C24H30N2O2S.C2H6/c1-7-17(8-2)20-13-19(11-10-15(20)4)26(24(29)25-6)16(5)21-12-18(9-3)22(27)14-23(21)28;1-2/h7,10-14,27-28H,5,8-9H2,1-4,6H3,(H,25,29);1-2H3/b17-7-;. The molecule has 0 saturated carbocycles. The van der Waals surface area contributed by atoms with Crippen molar-refractivity contribution in [1.29, 1.82) is 0 Å². The number of anilines is 1. The maximum absolute atomic E-state index is 10.5. The van der Waals surface area contributed by atoms with E-state index >= 15 is 0 Å². The zero-order valence-electron chi connectivity index (χ0n) is 19.8. The number of nitrogens with one attached hydrogen (secondary N) is 1. The second-order valence-electron chi connectivity index (χ2n) is 6.86. The molecule has 0 saturated heterocycles. The number of nitrogens with zero attached hydrogens (tertiary/aromatic N) is 1. The van der Waals surface area contributed by atoms with Gasteiger partial charge >= 0.3 is 0 Å². The van der Waals surface area contributed by atoms with Gasteiger partial charge in [0.15, 0.2) is 5.11 Å². The van der Waals surface area contributed by atoms with Crippen molar-refractivity contribution >= 4 is 34.3 Å². The number of allylic oxidation sites excluding steroid dienone is 2. The second kappa shape index (κ2) is 12.2. The molecule has 0 fully saturated rings. The number of hydrogen-bond acceptors (Lipinski definition) is 3. The minimum Gasteiger partial charge on any atom is -0.508 e. The topological polar surface area (TPSA) is 55.7 Å². The molecule has 168 valence electrons. The summed E-state index contributed by atoms with van der Waals surface area (Å²) in [6, 6.07) is 9.28. The molecule has 2 aromatic carbocycles. The molecular weight excluding hydrogens is 404 g/mol. The highest BCUT2D eigenvalue weighted by molar-refractivity contribution is 7.80. The molecule has 0 aromatic heterocycles. The van der Waals surface area contributed by atoms with E-state index in [2.05, 4.69) is 44.0 Å². The molecule has 0 aliphatic carbocycles. The lowest BCUT2D eigenvalue weighted by Gasteiger charge is -2.29. The minimum atomic E-state index is -0.0383. The molecule has 2 aromatic rings. The van der Waals surface area contributed by atoms with Gasteiger partial charge in [-0.15, -0.1) is 0 Å². The summed E-state index contributed by atoms with van der Waals surface area (Å²) in [7, 11) is 1.76. The third-order valence-corrected chi connectivity index (χ3v) is 5.52.